The molecule has 7 nitrogen and oxygen atoms in total. The second kappa shape index (κ2) is 10.1. The first-order valence-corrected chi connectivity index (χ1v) is 9.38. The number of halogens is 1. The van der Waals surface area contributed by atoms with E-state index in [1.54, 1.807) is 12.1 Å². The van der Waals surface area contributed by atoms with E-state index in [0.717, 1.165) is 30.8 Å². The first-order valence-electron chi connectivity index (χ1n) is 9.00. The summed E-state index contributed by atoms with van der Waals surface area (Å²) >= 11 is 6.01. The van der Waals surface area contributed by atoms with Crippen molar-refractivity contribution in [2.24, 2.45) is 0 Å². The number of urea groups is 1. The van der Waals surface area contributed by atoms with Gasteiger partial charge >= 0.3 is 6.03 Å². The summed E-state index contributed by atoms with van der Waals surface area (Å²) in [6.07, 6.45) is 0.969. The van der Waals surface area contributed by atoms with E-state index in [0.29, 0.717) is 16.5 Å². The van der Waals surface area contributed by atoms with E-state index in [2.05, 4.69) is 31.2 Å². The fourth-order valence-electron chi connectivity index (χ4n) is 2.38. The van der Waals surface area contributed by atoms with Crippen LogP contribution in [0.2, 0.25) is 5.02 Å². The van der Waals surface area contributed by atoms with Crippen molar-refractivity contribution < 1.29 is 4.79 Å². The van der Waals surface area contributed by atoms with Crippen LogP contribution in [0.25, 0.3) is 0 Å². The Labute approximate surface area is 165 Å². The number of hydrogen-bond donors (Lipinski definition) is 4. The molecule has 2 aromatic rings. The third-order valence-corrected chi connectivity index (χ3v) is 4.31. The van der Waals surface area contributed by atoms with Gasteiger partial charge in [-0.1, -0.05) is 25.4 Å². The molecule has 4 N–H and O–H groups in total. The zero-order valence-electron chi connectivity index (χ0n) is 16.2. The molecular weight excluding hydrogens is 364 g/mol. The van der Waals surface area contributed by atoms with Crippen LogP contribution in [0.1, 0.15) is 37.4 Å². The van der Waals surface area contributed by atoms with E-state index in [-0.39, 0.29) is 11.9 Å². The van der Waals surface area contributed by atoms with Gasteiger partial charge in [0, 0.05) is 23.3 Å². The normalized spacial score (nSPS) is 10.7. The summed E-state index contributed by atoms with van der Waals surface area (Å²) in [5, 5.41) is 12.5. The first-order chi connectivity index (χ1) is 12.9. The van der Waals surface area contributed by atoms with Crippen LogP contribution in [-0.4, -0.2) is 36.1 Å². The van der Waals surface area contributed by atoms with Crippen LogP contribution in [0, 0.1) is 6.92 Å². The molecule has 0 saturated heterocycles. The van der Waals surface area contributed by atoms with Gasteiger partial charge in [-0.3, -0.25) is 5.32 Å². The number of anilines is 3. The van der Waals surface area contributed by atoms with E-state index in [9.17, 15) is 4.79 Å². The molecule has 0 saturated carbocycles. The lowest BCUT2D eigenvalue weighted by atomic mass is 10.1. The van der Waals surface area contributed by atoms with Gasteiger partial charge in [-0.2, -0.15) is 4.98 Å². The lowest BCUT2D eigenvalue weighted by molar-refractivity contribution is 0.262. The zero-order chi connectivity index (χ0) is 19.8. The van der Waals surface area contributed by atoms with Crippen LogP contribution < -0.4 is 21.3 Å². The van der Waals surface area contributed by atoms with Gasteiger partial charge in [0.25, 0.3) is 0 Å². The summed E-state index contributed by atoms with van der Waals surface area (Å²) in [7, 11) is 1.92. The van der Waals surface area contributed by atoms with Crippen LogP contribution in [0.15, 0.2) is 24.3 Å². The van der Waals surface area contributed by atoms with Gasteiger partial charge in [-0.25, -0.2) is 9.78 Å². The van der Waals surface area contributed by atoms with Crippen LogP contribution in [0.3, 0.4) is 0 Å². The topological polar surface area (TPSA) is 91.0 Å². The number of amides is 2. The van der Waals surface area contributed by atoms with Gasteiger partial charge in [-0.05, 0) is 56.6 Å². The average molecular weight is 391 g/mol. The molecule has 0 atom stereocenters. The highest BCUT2D eigenvalue weighted by molar-refractivity contribution is 6.31. The van der Waals surface area contributed by atoms with Gasteiger partial charge in [-0.15, -0.1) is 0 Å². The van der Waals surface area contributed by atoms with Crippen molar-refractivity contribution in [1.82, 2.24) is 15.3 Å². The Kier molecular flexibility index (Phi) is 7.82. The first kappa shape index (κ1) is 20.9. The van der Waals surface area contributed by atoms with Crippen molar-refractivity contribution in [2.45, 2.75) is 33.1 Å². The predicted molar refractivity (Wildman–Crippen MR) is 112 cm³/mol. The number of aryl methyl sites for hydroxylation is 1. The summed E-state index contributed by atoms with van der Waals surface area (Å²) in [6, 6.07) is 6.81. The molecule has 146 valence electrons. The zero-order valence-corrected chi connectivity index (χ0v) is 16.9. The maximum Gasteiger partial charge on any atom is 0.326 e. The fourth-order valence-corrected chi connectivity index (χ4v) is 2.49. The summed E-state index contributed by atoms with van der Waals surface area (Å²) in [6.45, 7) is 7.68. The Morgan fingerprint density at radius 3 is 2.59 bits per heavy atom. The standard InChI is InChI=1S/C19H27ClN6O/c1-12(2)16-11-17(22-9-5-8-21-4)25-18(24-16)26-19(27)23-14-6-7-15(20)13(3)10-14/h6-7,10-12,21H,5,8-9H2,1-4H3,(H3,22,23,24,25,26,27). The highest BCUT2D eigenvalue weighted by Gasteiger charge is 2.11. The monoisotopic (exact) mass is 390 g/mol. The number of carbonyl (C=O) groups is 1. The second-order valence-corrected chi connectivity index (χ2v) is 6.99. The highest BCUT2D eigenvalue weighted by Crippen LogP contribution is 2.20. The third kappa shape index (κ3) is 6.69. The Hall–Kier alpha value is -2.38. The summed E-state index contributed by atoms with van der Waals surface area (Å²) < 4.78 is 0. The molecule has 1 aromatic carbocycles. The lowest BCUT2D eigenvalue weighted by Crippen LogP contribution is -2.22. The predicted octanol–water partition coefficient (Wildman–Crippen LogP) is 4.23. The van der Waals surface area contributed by atoms with Gasteiger partial charge in [0.1, 0.15) is 5.82 Å². The number of aromatic nitrogens is 2. The maximum atomic E-state index is 12.3. The molecule has 0 aliphatic heterocycles. The van der Waals surface area contributed by atoms with Crippen LogP contribution >= 0.6 is 11.6 Å². The van der Waals surface area contributed by atoms with Crippen molar-refractivity contribution >= 4 is 35.1 Å². The van der Waals surface area contributed by atoms with Crippen molar-refractivity contribution in [3.05, 3.63) is 40.5 Å². The van der Waals surface area contributed by atoms with Crippen LogP contribution in [-0.2, 0) is 0 Å². The number of nitrogens with zero attached hydrogens (tertiary/aromatic N) is 2. The second-order valence-electron chi connectivity index (χ2n) is 6.58. The summed E-state index contributed by atoms with van der Waals surface area (Å²) in [5.41, 5.74) is 2.40. The van der Waals surface area contributed by atoms with Crippen molar-refractivity contribution in [2.75, 3.05) is 36.1 Å². The third-order valence-electron chi connectivity index (χ3n) is 3.89. The van der Waals surface area contributed by atoms with Crippen LogP contribution in [0.5, 0.6) is 0 Å². The minimum atomic E-state index is -0.404. The molecule has 0 fully saturated rings. The van der Waals surface area contributed by atoms with Gasteiger partial charge in [0.05, 0.1) is 5.69 Å². The van der Waals surface area contributed by atoms with Gasteiger partial charge in [0.2, 0.25) is 5.95 Å². The number of benzene rings is 1. The van der Waals surface area contributed by atoms with E-state index in [1.165, 1.54) is 0 Å². The number of hydrogen-bond acceptors (Lipinski definition) is 5. The Balaban J connectivity index is 2.07. The van der Waals surface area contributed by atoms with Crippen molar-refractivity contribution in [3.63, 3.8) is 0 Å². The Morgan fingerprint density at radius 1 is 1.15 bits per heavy atom. The number of carbonyl (C=O) groups excluding carboxylic acids is 1. The van der Waals surface area contributed by atoms with E-state index in [4.69, 9.17) is 11.6 Å². The number of nitrogens with one attached hydrogen (secondary N) is 4. The van der Waals surface area contributed by atoms with Gasteiger partial charge in [0.15, 0.2) is 0 Å². The molecule has 8 heteroatoms. The smallest absolute Gasteiger partial charge is 0.326 e. The molecular formula is C19H27ClN6O. The minimum Gasteiger partial charge on any atom is -0.370 e. The van der Waals surface area contributed by atoms with E-state index >= 15 is 0 Å². The van der Waals surface area contributed by atoms with E-state index in [1.807, 2.05) is 40.0 Å². The highest BCUT2D eigenvalue weighted by atomic mass is 35.5. The SMILES string of the molecule is CNCCCNc1cc(C(C)C)nc(NC(=O)Nc2ccc(Cl)c(C)c2)n1. The lowest BCUT2D eigenvalue weighted by Gasteiger charge is -2.13. The minimum absolute atomic E-state index is 0.216. The molecule has 2 amide bonds. The molecule has 0 radical (unpaired) electrons. The molecule has 0 bridgehead atoms. The quantitative estimate of drug-likeness (QED) is 0.506. The van der Waals surface area contributed by atoms with Crippen LogP contribution in [0.4, 0.5) is 22.2 Å². The maximum absolute atomic E-state index is 12.3. The number of rotatable bonds is 8. The summed E-state index contributed by atoms with van der Waals surface area (Å²) in [4.78, 5) is 21.1. The molecule has 1 heterocycles. The molecule has 0 aliphatic rings. The van der Waals surface area contributed by atoms with E-state index < -0.39 is 6.03 Å². The molecule has 2 rings (SSSR count). The van der Waals surface area contributed by atoms with Crippen molar-refractivity contribution in [1.29, 1.82) is 0 Å². The fraction of sp³-hybridized carbons (Fsp3) is 0.421. The Bertz CT molecular complexity index is 781. The molecule has 0 spiro atoms. The average Bonchev–Trinajstić information content (AvgIpc) is 2.61. The molecule has 27 heavy (non-hydrogen) atoms. The summed E-state index contributed by atoms with van der Waals surface area (Å²) in [5.74, 6) is 1.18. The largest absolute Gasteiger partial charge is 0.370 e. The van der Waals surface area contributed by atoms with Crippen molar-refractivity contribution in [3.8, 4) is 0 Å². The Morgan fingerprint density at radius 2 is 1.93 bits per heavy atom. The van der Waals surface area contributed by atoms with Gasteiger partial charge < -0.3 is 16.0 Å². The molecule has 0 aliphatic carbocycles. The molecule has 1 aromatic heterocycles. The molecule has 0 unspecified atom stereocenters.